The van der Waals surface area contributed by atoms with E-state index in [9.17, 15) is 14.7 Å². The first-order valence-corrected chi connectivity index (χ1v) is 8.57. The van der Waals surface area contributed by atoms with Crippen LogP contribution < -0.4 is 0 Å². The van der Waals surface area contributed by atoms with E-state index in [0.29, 0.717) is 0 Å². The Kier molecular flexibility index (Phi) is 4.12. The quantitative estimate of drug-likeness (QED) is 0.881. The van der Waals surface area contributed by atoms with E-state index in [1.165, 1.54) is 4.90 Å². The van der Waals surface area contributed by atoms with Crippen molar-refractivity contribution in [3.05, 3.63) is 59.7 Å². The van der Waals surface area contributed by atoms with Crippen molar-refractivity contribution in [2.75, 3.05) is 19.7 Å². The van der Waals surface area contributed by atoms with Crippen LogP contribution in [0.15, 0.2) is 48.5 Å². The second kappa shape index (κ2) is 6.46. The summed E-state index contributed by atoms with van der Waals surface area (Å²) in [6.45, 7) is 0.629. The molecule has 6 heteroatoms. The van der Waals surface area contributed by atoms with Crippen LogP contribution in [0.25, 0.3) is 11.1 Å². The van der Waals surface area contributed by atoms with Crippen LogP contribution in [0.1, 0.15) is 17.0 Å². The van der Waals surface area contributed by atoms with Crippen LogP contribution in [0, 0.1) is 5.92 Å². The van der Waals surface area contributed by atoms with Crippen LogP contribution in [-0.4, -0.2) is 53.0 Å². The Morgan fingerprint density at radius 3 is 2.12 bits per heavy atom. The lowest BCUT2D eigenvalue weighted by Crippen LogP contribution is -2.56. The van der Waals surface area contributed by atoms with Gasteiger partial charge in [0, 0.05) is 24.9 Å². The number of hydrogen-bond acceptors (Lipinski definition) is 4. The van der Waals surface area contributed by atoms with E-state index in [2.05, 4.69) is 24.3 Å². The molecule has 1 heterocycles. The minimum atomic E-state index is -1.44. The molecule has 4 rings (SSSR count). The van der Waals surface area contributed by atoms with Crippen molar-refractivity contribution in [3.63, 3.8) is 0 Å². The molecule has 1 fully saturated rings. The number of nitrogens with zero attached hydrogens (tertiary/aromatic N) is 1. The van der Waals surface area contributed by atoms with E-state index in [1.807, 2.05) is 24.3 Å². The summed E-state index contributed by atoms with van der Waals surface area (Å²) in [5.74, 6) is -1.71. The number of carbonyl (C=O) groups excluding carboxylic acids is 1. The average molecular weight is 353 g/mol. The summed E-state index contributed by atoms with van der Waals surface area (Å²) in [6, 6.07) is 16.2. The third kappa shape index (κ3) is 2.72. The predicted molar refractivity (Wildman–Crippen MR) is 93.8 cm³/mol. The lowest BCUT2D eigenvalue weighted by atomic mass is 9.94. The number of carbonyl (C=O) groups is 2. The number of aliphatic carboxylic acids is 1. The number of hydrogen-bond donors (Lipinski definition) is 2. The summed E-state index contributed by atoms with van der Waals surface area (Å²) in [7, 11) is 0. The van der Waals surface area contributed by atoms with Crippen molar-refractivity contribution in [1.29, 1.82) is 0 Å². The van der Waals surface area contributed by atoms with Gasteiger partial charge in [0.25, 0.3) is 0 Å². The van der Waals surface area contributed by atoms with Crippen molar-refractivity contribution >= 4 is 12.1 Å². The highest BCUT2D eigenvalue weighted by molar-refractivity contribution is 5.79. The SMILES string of the molecule is O=C(O)C(O)C1CN(C(=O)OCC2c3ccccc3-c3ccccc32)C1. The fraction of sp³-hybridized carbons (Fsp3) is 0.300. The maximum atomic E-state index is 12.2. The van der Waals surface area contributed by atoms with Crippen LogP contribution in [-0.2, 0) is 9.53 Å². The molecule has 2 aromatic carbocycles. The Hall–Kier alpha value is -2.86. The van der Waals surface area contributed by atoms with Gasteiger partial charge in [-0.2, -0.15) is 0 Å². The van der Waals surface area contributed by atoms with Crippen molar-refractivity contribution in [2.24, 2.45) is 5.92 Å². The molecule has 0 bridgehead atoms. The fourth-order valence-corrected chi connectivity index (χ4v) is 3.75. The number of aliphatic hydroxyl groups excluding tert-OH is 1. The fourth-order valence-electron chi connectivity index (χ4n) is 3.75. The van der Waals surface area contributed by atoms with Gasteiger partial charge < -0.3 is 19.8 Å². The minimum Gasteiger partial charge on any atom is -0.479 e. The molecule has 1 aliphatic heterocycles. The molecule has 2 N–H and O–H groups in total. The van der Waals surface area contributed by atoms with E-state index in [1.54, 1.807) is 0 Å². The van der Waals surface area contributed by atoms with Gasteiger partial charge in [0.05, 0.1) is 0 Å². The molecular weight excluding hydrogens is 334 g/mol. The molecular formula is C20H19NO5. The summed E-state index contributed by atoms with van der Waals surface area (Å²) < 4.78 is 5.49. The number of likely N-dealkylation sites (tertiary alicyclic amines) is 1. The first-order chi connectivity index (χ1) is 12.6. The highest BCUT2D eigenvalue weighted by atomic mass is 16.6. The molecule has 134 valence electrons. The first-order valence-electron chi connectivity index (χ1n) is 8.57. The molecule has 2 aromatic rings. The Morgan fingerprint density at radius 1 is 1.04 bits per heavy atom. The Balaban J connectivity index is 1.41. The molecule has 0 saturated carbocycles. The van der Waals surface area contributed by atoms with Gasteiger partial charge in [0.1, 0.15) is 6.61 Å². The monoisotopic (exact) mass is 353 g/mol. The molecule has 0 spiro atoms. The Bertz CT molecular complexity index is 813. The summed E-state index contributed by atoms with van der Waals surface area (Å²) in [5.41, 5.74) is 4.61. The zero-order valence-electron chi connectivity index (χ0n) is 14.0. The number of fused-ring (bicyclic) bond motifs is 3. The molecule has 1 saturated heterocycles. The van der Waals surface area contributed by atoms with Crippen molar-refractivity contribution in [3.8, 4) is 11.1 Å². The van der Waals surface area contributed by atoms with Crippen molar-refractivity contribution < 1.29 is 24.5 Å². The van der Waals surface area contributed by atoms with Crippen LogP contribution >= 0.6 is 0 Å². The second-order valence-corrected chi connectivity index (χ2v) is 6.75. The van der Waals surface area contributed by atoms with E-state index in [4.69, 9.17) is 9.84 Å². The smallest absolute Gasteiger partial charge is 0.409 e. The van der Waals surface area contributed by atoms with Gasteiger partial charge >= 0.3 is 12.1 Å². The van der Waals surface area contributed by atoms with Gasteiger partial charge in [0.15, 0.2) is 6.10 Å². The molecule has 6 nitrogen and oxygen atoms in total. The van der Waals surface area contributed by atoms with Gasteiger partial charge in [-0.1, -0.05) is 48.5 Å². The lowest BCUT2D eigenvalue weighted by molar-refractivity contribution is -0.153. The third-order valence-corrected chi connectivity index (χ3v) is 5.20. The number of carboxylic acid groups (broad SMARTS) is 1. The van der Waals surface area contributed by atoms with Gasteiger partial charge in [-0.15, -0.1) is 0 Å². The largest absolute Gasteiger partial charge is 0.479 e. The summed E-state index contributed by atoms with van der Waals surface area (Å²) in [5, 5.41) is 18.3. The Labute approximate surface area is 150 Å². The molecule has 1 aliphatic carbocycles. The molecule has 0 aromatic heterocycles. The van der Waals surface area contributed by atoms with Crippen molar-refractivity contribution in [2.45, 2.75) is 12.0 Å². The first kappa shape index (κ1) is 16.6. The highest BCUT2D eigenvalue weighted by Crippen LogP contribution is 2.44. The molecule has 1 unspecified atom stereocenters. The summed E-state index contributed by atoms with van der Waals surface area (Å²) >= 11 is 0. The average Bonchev–Trinajstić information content (AvgIpc) is 2.92. The molecule has 0 radical (unpaired) electrons. The zero-order chi connectivity index (χ0) is 18.3. The maximum absolute atomic E-state index is 12.2. The topological polar surface area (TPSA) is 87.1 Å². The van der Waals surface area contributed by atoms with Crippen LogP contribution in [0.5, 0.6) is 0 Å². The van der Waals surface area contributed by atoms with Gasteiger partial charge in [-0.3, -0.25) is 0 Å². The minimum absolute atomic E-state index is 0.00645. The zero-order valence-corrected chi connectivity index (χ0v) is 14.0. The number of rotatable bonds is 4. The summed E-state index contributed by atoms with van der Waals surface area (Å²) in [6.07, 6.45) is -1.91. The van der Waals surface area contributed by atoms with Crippen LogP contribution in [0.4, 0.5) is 4.79 Å². The van der Waals surface area contributed by atoms with Gasteiger partial charge in [-0.05, 0) is 22.3 Å². The molecule has 26 heavy (non-hydrogen) atoms. The molecule has 1 amide bonds. The lowest BCUT2D eigenvalue weighted by Gasteiger charge is -2.39. The molecule has 1 atom stereocenters. The molecule has 2 aliphatic rings. The van der Waals surface area contributed by atoms with E-state index >= 15 is 0 Å². The number of benzene rings is 2. The van der Waals surface area contributed by atoms with Gasteiger partial charge in [0.2, 0.25) is 0 Å². The van der Waals surface area contributed by atoms with Crippen LogP contribution in [0.2, 0.25) is 0 Å². The van der Waals surface area contributed by atoms with E-state index in [-0.39, 0.29) is 25.6 Å². The second-order valence-electron chi connectivity index (χ2n) is 6.75. The van der Waals surface area contributed by atoms with E-state index in [0.717, 1.165) is 22.3 Å². The van der Waals surface area contributed by atoms with Gasteiger partial charge in [-0.25, -0.2) is 9.59 Å². The normalized spacial score (nSPS) is 17.2. The number of amides is 1. The summed E-state index contributed by atoms with van der Waals surface area (Å²) in [4.78, 5) is 24.4. The Morgan fingerprint density at radius 2 is 1.58 bits per heavy atom. The maximum Gasteiger partial charge on any atom is 0.409 e. The van der Waals surface area contributed by atoms with E-state index < -0.39 is 24.1 Å². The standard InChI is InChI=1S/C20H19NO5/c22-18(19(23)24)12-9-21(10-12)20(25)26-11-17-15-7-3-1-5-13(15)14-6-2-4-8-16(14)17/h1-8,12,17-18,22H,9-11H2,(H,23,24). The van der Waals surface area contributed by atoms with Crippen molar-refractivity contribution in [1.82, 2.24) is 4.90 Å². The van der Waals surface area contributed by atoms with Crippen LogP contribution in [0.3, 0.4) is 0 Å². The number of carboxylic acids is 1. The highest BCUT2D eigenvalue weighted by Gasteiger charge is 2.40. The third-order valence-electron chi connectivity index (χ3n) is 5.20. The number of ether oxygens (including phenoxy) is 1. The number of aliphatic hydroxyl groups is 1. The predicted octanol–water partition coefficient (Wildman–Crippen LogP) is 2.31.